The molecule has 1 saturated carbocycles. The van der Waals surface area contributed by atoms with Crippen LogP contribution < -0.4 is 10.6 Å². The second-order valence-electron chi connectivity index (χ2n) is 6.63. The maximum atomic E-state index is 12.6. The van der Waals surface area contributed by atoms with Crippen LogP contribution in [0.2, 0.25) is 5.02 Å². The van der Waals surface area contributed by atoms with Crippen molar-refractivity contribution in [1.29, 1.82) is 0 Å². The van der Waals surface area contributed by atoms with Crippen LogP contribution in [-0.2, 0) is 4.79 Å². The Morgan fingerprint density at radius 1 is 1.00 bits per heavy atom. The van der Waals surface area contributed by atoms with E-state index in [1.54, 1.807) is 29.2 Å². The standard InChI is InChI=1S/C18H24ClN3O2/c19-13-8-10-15(11-9-13)21-18(24)22-12-4-7-16(22)17(23)20-14-5-2-1-3-6-14/h8-11,14,16H,1-7,12H2,(H,20,23)(H,21,24)/t16-/m0/s1. The van der Waals surface area contributed by atoms with Crippen LogP contribution in [0, 0.1) is 0 Å². The Morgan fingerprint density at radius 3 is 2.42 bits per heavy atom. The van der Waals surface area contributed by atoms with Crippen molar-refractivity contribution in [3.63, 3.8) is 0 Å². The number of halogens is 1. The Morgan fingerprint density at radius 2 is 1.71 bits per heavy atom. The molecule has 6 heteroatoms. The summed E-state index contributed by atoms with van der Waals surface area (Å²) in [5.74, 6) is -0.00865. The van der Waals surface area contributed by atoms with E-state index in [-0.39, 0.29) is 24.0 Å². The van der Waals surface area contributed by atoms with Gasteiger partial charge in [-0.25, -0.2) is 4.79 Å². The lowest BCUT2D eigenvalue weighted by atomic mass is 9.95. The van der Waals surface area contributed by atoms with Gasteiger partial charge in [-0.15, -0.1) is 0 Å². The Labute approximate surface area is 147 Å². The van der Waals surface area contributed by atoms with E-state index in [0.29, 0.717) is 17.3 Å². The molecule has 3 rings (SSSR count). The molecule has 1 aliphatic heterocycles. The molecule has 5 nitrogen and oxygen atoms in total. The Balaban J connectivity index is 1.58. The predicted octanol–water partition coefficient (Wildman–Crippen LogP) is 3.79. The van der Waals surface area contributed by atoms with Gasteiger partial charge < -0.3 is 15.5 Å². The second-order valence-corrected chi connectivity index (χ2v) is 7.07. The van der Waals surface area contributed by atoms with Gasteiger partial charge in [-0.1, -0.05) is 30.9 Å². The van der Waals surface area contributed by atoms with Gasteiger partial charge >= 0.3 is 6.03 Å². The molecule has 24 heavy (non-hydrogen) atoms. The number of urea groups is 1. The first-order valence-electron chi connectivity index (χ1n) is 8.77. The van der Waals surface area contributed by atoms with Gasteiger partial charge in [0, 0.05) is 23.3 Å². The van der Waals surface area contributed by atoms with Crippen molar-refractivity contribution in [2.24, 2.45) is 0 Å². The van der Waals surface area contributed by atoms with Gasteiger partial charge in [0.2, 0.25) is 5.91 Å². The molecule has 2 fully saturated rings. The normalized spacial score (nSPS) is 21.5. The van der Waals surface area contributed by atoms with E-state index in [9.17, 15) is 9.59 Å². The number of likely N-dealkylation sites (tertiary alicyclic amines) is 1. The van der Waals surface area contributed by atoms with Crippen molar-refractivity contribution in [1.82, 2.24) is 10.2 Å². The quantitative estimate of drug-likeness (QED) is 0.872. The van der Waals surface area contributed by atoms with E-state index in [4.69, 9.17) is 11.6 Å². The zero-order valence-corrected chi connectivity index (χ0v) is 14.5. The largest absolute Gasteiger partial charge is 0.352 e. The number of rotatable bonds is 3. The van der Waals surface area contributed by atoms with Crippen LogP contribution in [0.25, 0.3) is 0 Å². The van der Waals surface area contributed by atoms with E-state index < -0.39 is 0 Å². The van der Waals surface area contributed by atoms with Crippen LogP contribution in [-0.4, -0.2) is 35.5 Å². The third-order valence-electron chi connectivity index (χ3n) is 4.86. The molecule has 0 unspecified atom stereocenters. The van der Waals surface area contributed by atoms with E-state index >= 15 is 0 Å². The fourth-order valence-corrected chi connectivity index (χ4v) is 3.68. The number of carbonyl (C=O) groups is 2. The monoisotopic (exact) mass is 349 g/mol. The summed E-state index contributed by atoms with van der Waals surface area (Å²) in [6, 6.07) is 6.66. The number of benzene rings is 1. The van der Waals surface area contributed by atoms with Crippen LogP contribution >= 0.6 is 11.6 Å². The van der Waals surface area contributed by atoms with Crippen molar-refractivity contribution < 1.29 is 9.59 Å². The third kappa shape index (κ3) is 4.20. The SMILES string of the molecule is O=C(NC1CCCCC1)[C@@H]1CCCN1C(=O)Nc1ccc(Cl)cc1. The van der Waals surface area contributed by atoms with Gasteiger partial charge in [0.05, 0.1) is 0 Å². The molecule has 1 aliphatic carbocycles. The molecule has 1 saturated heterocycles. The Hall–Kier alpha value is -1.75. The maximum absolute atomic E-state index is 12.6. The van der Waals surface area contributed by atoms with Crippen molar-refractivity contribution >= 4 is 29.2 Å². The van der Waals surface area contributed by atoms with Gasteiger partial charge in [-0.05, 0) is 49.9 Å². The van der Waals surface area contributed by atoms with E-state index in [0.717, 1.165) is 25.7 Å². The zero-order valence-electron chi connectivity index (χ0n) is 13.8. The third-order valence-corrected chi connectivity index (χ3v) is 5.12. The Bertz CT molecular complexity index is 584. The van der Waals surface area contributed by atoms with Crippen LogP contribution in [0.3, 0.4) is 0 Å². The van der Waals surface area contributed by atoms with Gasteiger partial charge in [-0.2, -0.15) is 0 Å². The molecule has 3 amide bonds. The number of nitrogens with zero attached hydrogens (tertiary/aromatic N) is 1. The molecule has 130 valence electrons. The van der Waals surface area contributed by atoms with E-state index in [2.05, 4.69) is 10.6 Å². The second kappa shape index (κ2) is 7.88. The fourth-order valence-electron chi connectivity index (χ4n) is 3.56. The summed E-state index contributed by atoms with van der Waals surface area (Å²) < 4.78 is 0. The molecule has 0 bridgehead atoms. The molecule has 2 N–H and O–H groups in total. The lowest BCUT2D eigenvalue weighted by Crippen LogP contribution is -2.50. The molecule has 1 aromatic carbocycles. The highest BCUT2D eigenvalue weighted by atomic mass is 35.5. The minimum Gasteiger partial charge on any atom is -0.352 e. The molecule has 2 aliphatic rings. The van der Waals surface area contributed by atoms with Gasteiger partial charge in [0.1, 0.15) is 6.04 Å². The van der Waals surface area contributed by atoms with Crippen LogP contribution in [0.4, 0.5) is 10.5 Å². The molecule has 1 atom stereocenters. The van der Waals surface area contributed by atoms with Crippen molar-refractivity contribution in [2.45, 2.75) is 57.0 Å². The first kappa shape index (κ1) is 17.1. The van der Waals surface area contributed by atoms with Crippen LogP contribution in [0.5, 0.6) is 0 Å². The van der Waals surface area contributed by atoms with Crippen molar-refractivity contribution in [2.75, 3.05) is 11.9 Å². The summed E-state index contributed by atoms with van der Waals surface area (Å²) in [5, 5.41) is 6.61. The molecular weight excluding hydrogens is 326 g/mol. The zero-order chi connectivity index (χ0) is 16.9. The average molecular weight is 350 g/mol. The number of carbonyl (C=O) groups excluding carboxylic acids is 2. The molecule has 0 aromatic heterocycles. The van der Waals surface area contributed by atoms with E-state index in [1.165, 1.54) is 19.3 Å². The lowest BCUT2D eigenvalue weighted by Gasteiger charge is -2.28. The number of hydrogen-bond acceptors (Lipinski definition) is 2. The first-order valence-corrected chi connectivity index (χ1v) is 9.15. The highest BCUT2D eigenvalue weighted by Gasteiger charge is 2.35. The number of anilines is 1. The summed E-state index contributed by atoms with van der Waals surface area (Å²) in [4.78, 5) is 26.7. The van der Waals surface area contributed by atoms with Gasteiger partial charge in [0.15, 0.2) is 0 Å². The topological polar surface area (TPSA) is 61.4 Å². The van der Waals surface area contributed by atoms with E-state index in [1.807, 2.05) is 0 Å². The number of amides is 3. The molecule has 0 radical (unpaired) electrons. The molecule has 0 spiro atoms. The predicted molar refractivity (Wildman–Crippen MR) is 95.2 cm³/mol. The number of nitrogens with one attached hydrogen (secondary N) is 2. The van der Waals surface area contributed by atoms with Crippen LogP contribution in [0.15, 0.2) is 24.3 Å². The first-order chi connectivity index (χ1) is 11.6. The van der Waals surface area contributed by atoms with Crippen molar-refractivity contribution in [3.8, 4) is 0 Å². The molecule has 1 heterocycles. The summed E-state index contributed by atoms with van der Waals surface area (Å²) in [6.45, 7) is 0.613. The lowest BCUT2D eigenvalue weighted by molar-refractivity contribution is -0.125. The maximum Gasteiger partial charge on any atom is 0.322 e. The van der Waals surface area contributed by atoms with Crippen molar-refractivity contribution in [3.05, 3.63) is 29.3 Å². The minimum absolute atomic E-state index is 0.00865. The molecular formula is C18H24ClN3O2. The summed E-state index contributed by atoms with van der Waals surface area (Å²) in [6.07, 6.45) is 7.30. The minimum atomic E-state index is -0.362. The van der Waals surface area contributed by atoms with Gasteiger partial charge in [0.25, 0.3) is 0 Å². The fraction of sp³-hybridized carbons (Fsp3) is 0.556. The van der Waals surface area contributed by atoms with Crippen LogP contribution in [0.1, 0.15) is 44.9 Å². The smallest absolute Gasteiger partial charge is 0.322 e. The summed E-state index contributed by atoms with van der Waals surface area (Å²) in [5.41, 5.74) is 0.683. The molecule has 1 aromatic rings. The van der Waals surface area contributed by atoms with Gasteiger partial charge in [-0.3, -0.25) is 4.79 Å². The summed E-state index contributed by atoms with van der Waals surface area (Å²) in [7, 11) is 0. The highest BCUT2D eigenvalue weighted by Crippen LogP contribution is 2.22. The summed E-state index contributed by atoms with van der Waals surface area (Å²) >= 11 is 5.86. The highest BCUT2D eigenvalue weighted by molar-refractivity contribution is 6.30. The average Bonchev–Trinajstić information content (AvgIpc) is 3.08. The Kier molecular flexibility index (Phi) is 5.61. The number of hydrogen-bond donors (Lipinski definition) is 2.